The van der Waals surface area contributed by atoms with Gasteiger partial charge in [-0.1, -0.05) is 0 Å². The molecule has 4 heteroatoms. The second-order valence-electron chi connectivity index (χ2n) is 3.04. The first-order chi connectivity index (χ1) is 7.81. The Morgan fingerprint density at radius 2 is 1.94 bits per heavy atom. The van der Waals surface area contributed by atoms with Crippen LogP contribution in [0.3, 0.4) is 0 Å². The third kappa shape index (κ3) is 3.01. The highest BCUT2D eigenvalue weighted by Gasteiger charge is 2.04. The number of rotatable bonds is 4. The fourth-order valence-corrected chi connectivity index (χ4v) is 1.28. The number of nitrogens with zero attached hydrogens (tertiary/aromatic N) is 3. The van der Waals surface area contributed by atoms with Crippen LogP contribution in [-0.4, -0.2) is 6.61 Å². The predicted molar refractivity (Wildman–Crippen MR) is 56.2 cm³/mol. The summed E-state index contributed by atoms with van der Waals surface area (Å²) in [7, 11) is 0. The highest BCUT2D eigenvalue weighted by atomic mass is 16.5. The molecule has 1 aromatic rings. The summed E-state index contributed by atoms with van der Waals surface area (Å²) in [6, 6.07) is 10.9. The molecule has 0 spiro atoms. The molecule has 0 aliphatic rings. The number of benzene rings is 1. The van der Waals surface area contributed by atoms with Crippen LogP contribution in [0.4, 0.5) is 0 Å². The molecule has 0 N–H and O–H groups in total. The van der Waals surface area contributed by atoms with Gasteiger partial charge in [0.15, 0.2) is 6.61 Å². The molecule has 0 amide bonds. The maximum absolute atomic E-state index is 8.86. The van der Waals surface area contributed by atoms with Gasteiger partial charge in [-0.25, -0.2) is 0 Å². The Balaban J connectivity index is 2.90. The van der Waals surface area contributed by atoms with E-state index in [0.717, 1.165) is 5.56 Å². The van der Waals surface area contributed by atoms with Crippen LogP contribution in [0.15, 0.2) is 18.2 Å². The molecule has 0 fully saturated rings. The van der Waals surface area contributed by atoms with E-state index in [1.807, 2.05) is 12.1 Å². The van der Waals surface area contributed by atoms with Crippen LogP contribution >= 0.6 is 0 Å². The SMILES string of the molecule is N#CCCc1cc(OCC#N)ccc1C#N. The summed E-state index contributed by atoms with van der Waals surface area (Å²) < 4.78 is 5.12. The van der Waals surface area contributed by atoms with Crippen molar-refractivity contribution in [3.05, 3.63) is 29.3 Å². The fraction of sp³-hybridized carbons (Fsp3) is 0.250. The smallest absolute Gasteiger partial charge is 0.174 e. The molecule has 0 radical (unpaired) electrons. The molecular weight excluding hydrogens is 202 g/mol. The minimum absolute atomic E-state index is 0.0242. The molecule has 0 atom stereocenters. The van der Waals surface area contributed by atoms with Crippen LogP contribution in [0.5, 0.6) is 5.75 Å². The van der Waals surface area contributed by atoms with Crippen LogP contribution in [0.2, 0.25) is 0 Å². The number of nitriles is 3. The maximum Gasteiger partial charge on any atom is 0.174 e. The van der Waals surface area contributed by atoms with E-state index in [0.29, 0.717) is 24.2 Å². The molecule has 0 saturated carbocycles. The minimum atomic E-state index is -0.0242. The van der Waals surface area contributed by atoms with Crippen LogP contribution in [0.1, 0.15) is 17.5 Å². The molecule has 0 unspecified atom stereocenters. The molecule has 1 rings (SSSR count). The second-order valence-corrected chi connectivity index (χ2v) is 3.04. The lowest BCUT2D eigenvalue weighted by Gasteiger charge is -2.05. The molecule has 0 aliphatic heterocycles. The normalized spacial score (nSPS) is 8.56. The third-order valence-corrected chi connectivity index (χ3v) is 2.01. The number of ether oxygens (including phenoxy) is 1. The first-order valence-electron chi connectivity index (χ1n) is 4.71. The highest BCUT2D eigenvalue weighted by Crippen LogP contribution is 2.18. The second kappa shape index (κ2) is 6.06. The molecular formula is C12H9N3O. The summed E-state index contributed by atoms with van der Waals surface area (Å²) in [6.45, 7) is -0.0242. The van der Waals surface area contributed by atoms with Gasteiger partial charge < -0.3 is 4.74 Å². The topological polar surface area (TPSA) is 80.6 Å². The van der Waals surface area contributed by atoms with Gasteiger partial charge in [0, 0.05) is 6.42 Å². The summed E-state index contributed by atoms with van der Waals surface area (Å²) in [5, 5.41) is 25.7. The molecule has 1 aromatic carbocycles. The number of hydrogen-bond acceptors (Lipinski definition) is 4. The lowest BCUT2D eigenvalue weighted by molar-refractivity contribution is 0.367. The standard InChI is InChI=1S/C12H9N3O/c13-5-1-2-10-8-12(16-7-6-14)4-3-11(10)9-15/h3-4,8H,1-2,7H2. The van der Waals surface area contributed by atoms with Crippen molar-refractivity contribution in [1.29, 1.82) is 15.8 Å². The van der Waals surface area contributed by atoms with Gasteiger partial charge in [-0.05, 0) is 30.2 Å². The van der Waals surface area contributed by atoms with Crippen LogP contribution in [0, 0.1) is 34.0 Å². The monoisotopic (exact) mass is 211 g/mol. The Labute approximate surface area is 93.9 Å². The number of aryl methyl sites for hydroxylation is 1. The largest absolute Gasteiger partial charge is 0.479 e. The van der Waals surface area contributed by atoms with E-state index in [1.54, 1.807) is 18.2 Å². The average molecular weight is 211 g/mol. The maximum atomic E-state index is 8.86. The molecule has 0 bridgehead atoms. The first kappa shape index (κ1) is 11.6. The summed E-state index contributed by atoms with van der Waals surface area (Å²) in [4.78, 5) is 0. The van der Waals surface area contributed by atoms with Gasteiger partial charge in [-0.15, -0.1) is 0 Å². The van der Waals surface area contributed by atoms with Gasteiger partial charge in [0.2, 0.25) is 0 Å². The Morgan fingerprint density at radius 1 is 1.12 bits per heavy atom. The molecule has 78 valence electrons. The van der Waals surface area contributed by atoms with Crippen LogP contribution < -0.4 is 4.74 Å². The van der Waals surface area contributed by atoms with Gasteiger partial charge in [-0.3, -0.25) is 0 Å². The summed E-state index contributed by atoms with van der Waals surface area (Å²) in [5.41, 5.74) is 1.32. The molecule has 0 aromatic heterocycles. The van der Waals surface area contributed by atoms with Crippen molar-refractivity contribution >= 4 is 0 Å². The van der Waals surface area contributed by atoms with Crippen molar-refractivity contribution in [3.63, 3.8) is 0 Å². The lowest BCUT2D eigenvalue weighted by atomic mass is 10.0. The van der Waals surface area contributed by atoms with Crippen LogP contribution in [-0.2, 0) is 6.42 Å². The van der Waals surface area contributed by atoms with Gasteiger partial charge in [0.1, 0.15) is 11.8 Å². The van der Waals surface area contributed by atoms with Crippen molar-refractivity contribution in [2.24, 2.45) is 0 Å². The van der Waals surface area contributed by atoms with E-state index in [2.05, 4.69) is 6.07 Å². The molecule has 16 heavy (non-hydrogen) atoms. The average Bonchev–Trinajstić information content (AvgIpc) is 2.33. The van der Waals surface area contributed by atoms with Gasteiger partial charge in [0.25, 0.3) is 0 Å². The van der Waals surface area contributed by atoms with Crippen molar-refractivity contribution < 1.29 is 4.74 Å². The molecule has 0 heterocycles. The van der Waals surface area contributed by atoms with Crippen molar-refractivity contribution in [3.8, 4) is 24.0 Å². The zero-order valence-electron chi connectivity index (χ0n) is 8.60. The van der Waals surface area contributed by atoms with Gasteiger partial charge >= 0.3 is 0 Å². The van der Waals surface area contributed by atoms with Gasteiger partial charge in [-0.2, -0.15) is 15.8 Å². The van der Waals surface area contributed by atoms with E-state index in [-0.39, 0.29) is 6.61 Å². The van der Waals surface area contributed by atoms with E-state index in [9.17, 15) is 0 Å². The summed E-state index contributed by atoms with van der Waals surface area (Å²) >= 11 is 0. The quantitative estimate of drug-likeness (QED) is 0.761. The zero-order valence-corrected chi connectivity index (χ0v) is 8.60. The highest BCUT2D eigenvalue weighted by molar-refractivity contribution is 5.43. The fourth-order valence-electron chi connectivity index (χ4n) is 1.28. The van der Waals surface area contributed by atoms with E-state index < -0.39 is 0 Å². The Morgan fingerprint density at radius 3 is 2.56 bits per heavy atom. The number of hydrogen-bond donors (Lipinski definition) is 0. The van der Waals surface area contributed by atoms with E-state index >= 15 is 0 Å². The Kier molecular flexibility index (Phi) is 4.38. The van der Waals surface area contributed by atoms with Crippen molar-refractivity contribution in [1.82, 2.24) is 0 Å². The van der Waals surface area contributed by atoms with E-state index in [4.69, 9.17) is 20.5 Å². The Bertz CT molecular complexity index is 488. The lowest BCUT2D eigenvalue weighted by Crippen LogP contribution is -1.96. The summed E-state index contributed by atoms with van der Waals surface area (Å²) in [6.07, 6.45) is 0.875. The predicted octanol–water partition coefficient (Wildman–Crippen LogP) is 1.92. The van der Waals surface area contributed by atoms with Crippen molar-refractivity contribution in [2.45, 2.75) is 12.8 Å². The third-order valence-electron chi connectivity index (χ3n) is 2.01. The zero-order chi connectivity index (χ0) is 11.8. The van der Waals surface area contributed by atoms with Gasteiger partial charge in [0.05, 0.1) is 17.7 Å². The van der Waals surface area contributed by atoms with Crippen LogP contribution in [0.25, 0.3) is 0 Å². The Hall–Kier alpha value is -2.51. The molecule has 4 nitrogen and oxygen atoms in total. The molecule has 0 saturated heterocycles. The van der Waals surface area contributed by atoms with Crippen molar-refractivity contribution in [2.75, 3.05) is 6.61 Å². The first-order valence-corrected chi connectivity index (χ1v) is 4.71. The van der Waals surface area contributed by atoms with E-state index in [1.165, 1.54) is 0 Å². The molecule has 0 aliphatic carbocycles. The summed E-state index contributed by atoms with van der Waals surface area (Å²) in [5.74, 6) is 0.550. The minimum Gasteiger partial charge on any atom is -0.479 e.